The maximum absolute atomic E-state index is 14.1. The van der Waals surface area contributed by atoms with Crippen molar-refractivity contribution in [2.45, 2.75) is 96.1 Å². The smallest absolute Gasteiger partial charge is 0.408 e. The van der Waals surface area contributed by atoms with E-state index in [1.165, 1.54) is 36.1 Å². The van der Waals surface area contributed by atoms with Crippen LogP contribution < -0.4 is 10.6 Å². The number of alkyl carbamates (subject to hydrolysis) is 1. The molecule has 13 heteroatoms. The lowest BCUT2D eigenvalue weighted by atomic mass is 9.85. The highest BCUT2D eigenvalue weighted by Crippen LogP contribution is 2.45. The van der Waals surface area contributed by atoms with Crippen molar-refractivity contribution in [3.63, 3.8) is 0 Å². The van der Waals surface area contributed by atoms with E-state index in [2.05, 4.69) is 17.2 Å². The van der Waals surface area contributed by atoms with Crippen LogP contribution in [0.5, 0.6) is 0 Å². The number of Topliss-reactive ketones (excluding diaryl/α,β-unsaturated/α-hetero) is 1. The van der Waals surface area contributed by atoms with Crippen LogP contribution in [-0.4, -0.2) is 75.9 Å². The molecule has 44 heavy (non-hydrogen) atoms. The summed E-state index contributed by atoms with van der Waals surface area (Å²) in [5.74, 6) is -2.43. The van der Waals surface area contributed by atoms with Crippen molar-refractivity contribution < 1.29 is 38.4 Å². The molecular weight excluding hydrogens is 572 g/mol. The van der Waals surface area contributed by atoms with Crippen LogP contribution in [-0.2, 0) is 23.9 Å². The van der Waals surface area contributed by atoms with Gasteiger partial charge in [-0.25, -0.2) is 9.59 Å². The van der Waals surface area contributed by atoms with Gasteiger partial charge < -0.3 is 25.0 Å². The van der Waals surface area contributed by atoms with E-state index in [4.69, 9.17) is 9.47 Å². The Morgan fingerprint density at radius 1 is 1.09 bits per heavy atom. The summed E-state index contributed by atoms with van der Waals surface area (Å²) in [6.45, 7) is 10.3. The summed E-state index contributed by atoms with van der Waals surface area (Å²) in [4.78, 5) is 77.7. The SMILES string of the molecule is C=C[C@@H]1C[C@]1(NC(=O)[C@@H]1C[C@H](OC(=O)c2ccc([N+](=O)[O-])cc2)CN1C(=O)[C@@H](NC(=O)OC1CCCC1)C(C)(C)C)C(C)=O. The predicted octanol–water partition coefficient (Wildman–Crippen LogP) is 3.45. The highest BCUT2D eigenvalue weighted by molar-refractivity contribution is 5.98. The zero-order chi connectivity index (χ0) is 32.4. The van der Waals surface area contributed by atoms with E-state index < -0.39 is 57.9 Å². The monoisotopic (exact) mass is 612 g/mol. The van der Waals surface area contributed by atoms with Crippen molar-refractivity contribution in [2.24, 2.45) is 11.3 Å². The molecule has 238 valence electrons. The standard InChI is InChI=1S/C31H40N4O9/c1-6-20-16-31(20,18(2)36)33-26(37)24-15-23(43-28(39)19-11-13-21(14-12-19)35(41)42)17-34(24)27(38)25(30(3,4)5)32-29(40)44-22-9-7-8-10-22/h6,11-14,20,22-25H,1,7-10,15-17H2,2-5H3,(H,32,40)(H,33,37)/t20-,23+,24+,25-,31+/m1/s1. The van der Waals surface area contributed by atoms with Gasteiger partial charge in [-0.3, -0.25) is 24.5 Å². The number of amides is 3. The van der Waals surface area contributed by atoms with Gasteiger partial charge in [0.15, 0.2) is 5.78 Å². The molecule has 2 N–H and O–H groups in total. The van der Waals surface area contributed by atoms with E-state index in [0.717, 1.165) is 25.7 Å². The number of hydrogen-bond acceptors (Lipinski definition) is 9. The third-order valence-corrected chi connectivity index (χ3v) is 8.66. The van der Waals surface area contributed by atoms with Crippen LogP contribution in [0.25, 0.3) is 0 Å². The zero-order valence-electron chi connectivity index (χ0n) is 25.5. The van der Waals surface area contributed by atoms with Gasteiger partial charge in [0.2, 0.25) is 11.8 Å². The summed E-state index contributed by atoms with van der Waals surface area (Å²) < 4.78 is 11.2. The topological polar surface area (TPSA) is 174 Å². The summed E-state index contributed by atoms with van der Waals surface area (Å²) in [6.07, 6.45) is 3.48. The molecule has 5 atom stereocenters. The van der Waals surface area contributed by atoms with Crippen molar-refractivity contribution in [1.82, 2.24) is 15.5 Å². The highest BCUT2D eigenvalue weighted by Gasteiger charge is 2.59. The minimum Gasteiger partial charge on any atom is -0.457 e. The molecule has 1 heterocycles. The molecule has 3 fully saturated rings. The summed E-state index contributed by atoms with van der Waals surface area (Å²) in [5, 5.41) is 16.5. The van der Waals surface area contributed by atoms with Crippen LogP contribution in [0.4, 0.5) is 10.5 Å². The lowest BCUT2D eigenvalue weighted by Crippen LogP contribution is -2.59. The largest absolute Gasteiger partial charge is 0.457 e. The number of nitrogens with zero attached hydrogens (tertiary/aromatic N) is 2. The number of rotatable bonds is 10. The second kappa shape index (κ2) is 12.7. The van der Waals surface area contributed by atoms with Gasteiger partial charge >= 0.3 is 12.1 Å². The number of esters is 1. The fourth-order valence-corrected chi connectivity index (χ4v) is 5.95. The van der Waals surface area contributed by atoms with E-state index >= 15 is 0 Å². The van der Waals surface area contributed by atoms with Crippen LogP contribution in [0.1, 0.15) is 76.6 Å². The number of benzene rings is 1. The minimum absolute atomic E-state index is 0.0626. The number of hydrogen-bond donors (Lipinski definition) is 2. The molecule has 0 aromatic heterocycles. The van der Waals surface area contributed by atoms with E-state index in [1.54, 1.807) is 26.8 Å². The molecule has 0 unspecified atom stereocenters. The first-order valence-electron chi connectivity index (χ1n) is 14.8. The normalized spacial score (nSPS) is 25.5. The quantitative estimate of drug-likeness (QED) is 0.174. The number of nitro groups is 1. The number of carbonyl (C=O) groups excluding carboxylic acids is 5. The second-order valence-corrected chi connectivity index (χ2v) is 12.9. The van der Waals surface area contributed by atoms with Crippen molar-refractivity contribution in [1.29, 1.82) is 0 Å². The van der Waals surface area contributed by atoms with Gasteiger partial charge in [0.1, 0.15) is 29.8 Å². The average Bonchev–Trinajstić information content (AvgIpc) is 3.23. The maximum atomic E-state index is 14.1. The van der Waals surface area contributed by atoms with Crippen LogP contribution in [0.15, 0.2) is 36.9 Å². The molecule has 13 nitrogen and oxygen atoms in total. The fraction of sp³-hybridized carbons (Fsp3) is 0.581. The number of ether oxygens (including phenoxy) is 2. The van der Waals surface area contributed by atoms with Crippen LogP contribution in [0.3, 0.4) is 0 Å². The van der Waals surface area contributed by atoms with Gasteiger partial charge in [-0.05, 0) is 56.6 Å². The molecular formula is C31H40N4O9. The Labute approximate surface area is 255 Å². The fourth-order valence-electron chi connectivity index (χ4n) is 5.95. The van der Waals surface area contributed by atoms with Gasteiger partial charge in [0.05, 0.1) is 17.0 Å². The predicted molar refractivity (Wildman–Crippen MR) is 157 cm³/mol. The Morgan fingerprint density at radius 3 is 2.25 bits per heavy atom. The molecule has 2 saturated carbocycles. The van der Waals surface area contributed by atoms with E-state index in [0.29, 0.717) is 6.42 Å². The lowest BCUT2D eigenvalue weighted by molar-refractivity contribution is -0.384. The van der Waals surface area contributed by atoms with E-state index in [-0.39, 0.29) is 42.0 Å². The number of carbonyl (C=O) groups is 5. The lowest BCUT2D eigenvalue weighted by Gasteiger charge is -2.35. The third kappa shape index (κ3) is 7.08. The van der Waals surface area contributed by atoms with Gasteiger partial charge in [-0.2, -0.15) is 0 Å². The Hall–Kier alpha value is -4.29. The molecule has 3 aliphatic rings. The first-order chi connectivity index (χ1) is 20.7. The Balaban J connectivity index is 1.56. The summed E-state index contributed by atoms with van der Waals surface area (Å²) in [7, 11) is 0. The molecule has 0 spiro atoms. The minimum atomic E-state index is -1.12. The summed E-state index contributed by atoms with van der Waals surface area (Å²) >= 11 is 0. The summed E-state index contributed by atoms with van der Waals surface area (Å²) in [6, 6.07) is 2.67. The van der Waals surface area contributed by atoms with Gasteiger partial charge in [-0.1, -0.05) is 26.8 Å². The molecule has 1 aromatic rings. The number of non-ortho nitro benzene ring substituents is 1. The summed E-state index contributed by atoms with van der Waals surface area (Å²) in [5.41, 5.74) is -2.04. The number of ketones is 1. The van der Waals surface area contributed by atoms with E-state index in [9.17, 15) is 34.1 Å². The van der Waals surface area contributed by atoms with Crippen LogP contribution in [0.2, 0.25) is 0 Å². The second-order valence-electron chi connectivity index (χ2n) is 12.9. The number of likely N-dealkylation sites (tertiary alicyclic amines) is 1. The molecule has 1 saturated heterocycles. The van der Waals surface area contributed by atoms with Gasteiger partial charge in [-0.15, -0.1) is 6.58 Å². The third-order valence-electron chi connectivity index (χ3n) is 8.66. The zero-order valence-corrected chi connectivity index (χ0v) is 25.5. The Morgan fingerprint density at radius 2 is 1.73 bits per heavy atom. The highest BCUT2D eigenvalue weighted by atomic mass is 16.6. The molecule has 1 aliphatic heterocycles. The van der Waals surface area contributed by atoms with Crippen molar-refractivity contribution in [3.05, 3.63) is 52.6 Å². The molecule has 0 radical (unpaired) electrons. The van der Waals surface area contributed by atoms with Crippen molar-refractivity contribution in [3.8, 4) is 0 Å². The molecule has 2 aliphatic carbocycles. The average molecular weight is 613 g/mol. The first kappa shape index (κ1) is 32.6. The molecule has 4 rings (SSSR count). The van der Waals surface area contributed by atoms with Crippen molar-refractivity contribution in [2.75, 3.05) is 6.54 Å². The Kier molecular flexibility index (Phi) is 9.45. The molecule has 3 amide bonds. The number of nitrogens with one attached hydrogen (secondary N) is 2. The van der Waals surface area contributed by atoms with Gasteiger partial charge in [0.25, 0.3) is 5.69 Å². The molecule has 0 bridgehead atoms. The Bertz CT molecular complexity index is 1330. The first-order valence-corrected chi connectivity index (χ1v) is 14.8. The van der Waals surface area contributed by atoms with Gasteiger partial charge in [0, 0.05) is 24.5 Å². The van der Waals surface area contributed by atoms with Crippen LogP contribution >= 0.6 is 0 Å². The van der Waals surface area contributed by atoms with Crippen molar-refractivity contribution >= 4 is 35.3 Å². The number of nitro benzene ring substituents is 1. The van der Waals surface area contributed by atoms with E-state index in [1.807, 2.05) is 0 Å². The van der Waals surface area contributed by atoms with Crippen LogP contribution in [0, 0.1) is 21.4 Å². The maximum Gasteiger partial charge on any atom is 0.408 e. The molecule has 1 aromatic carbocycles.